The quantitative estimate of drug-likeness (QED) is 0.755. The first-order valence-corrected chi connectivity index (χ1v) is 7.67. The van der Waals surface area contributed by atoms with E-state index in [9.17, 15) is 4.79 Å². The van der Waals surface area contributed by atoms with Crippen molar-refractivity contribution in [2.24, 2.45) is 5.92 Å². The SMILES string of the molecule is CCC(CC)C(=O)Nc1nnc2c(n1)[nH]c1ccc(OC)cc12. The number of anilines is 1. The summed E-state index contributed by atoms with van der Waals surface area (Å²) in [5, 5.41) is 11.8. The summed E-state index contributed by atoms with van der Waals surface area (Å²) < 4.78 is 5.23. The highest BCUT2D eigenvalue weighted by Crippen LogP contribution is 2.26. The molecular formula is C16H19N5O2. The van der Waals surface area contributed by atoms with Gasteiger partial charge in [-0.1, -0.05) is 13.8 Å². The number of benzene rings is 1. The van der Waals surface area contributed by atoms with Crippen molar-refractivity contribution in [1.82, 2.24) is 20.2 Å². The first-order chi connectivity index (χ1) is 11.2. The molecule has 2 aromatic heterocycles. The molecule has 0 radical (unpaired) electrons. The van der Waals surface area contributed by atoms with Crippen LogP contribution in [0.3, 0.4) is 0 Å². The van der Waals surface area contributed by atoms with Crippen molar-refractivity contribution in [3.63, 3.8) is 0 Å². The lowest BCUT2D eigenvalue weighted by atomic mass is 10.0. The zero-order valence-electron chi connectivity index (χ0n) is 13.4. The molecule has 0 saturated carbocycles. The predicted octanol–water partition coefficient (Wildman–Crippen LogP) is 2.89. The zero-order valence-corrected chi connectivity index (χ0v) is 13.4. The van der Waals surface area contributed by atoms with Gasteiger partial charge in [0.2, 0.25) is 5.91 Å². The lowest BCUT2D eigenvalue weighted by Crippen LogP contribution is -2.23. The number of aromatic amines is 1. The van der Waals surface area contributed by atoms with E-state index in [1.54, 1.807) is 7.11 Å². The fourth-order valence-corrected chi connectivity index (χ4v) is 2.60. The van der Waals surface area contributed by atoms with Gasteiger partial charge < -0.3 is 9.72 Å². The molecule has 0 bridgehead atoms. The van der Waals surface area contributed by atoms with Gasteiger partial charge in [0.25, 0.3) is 5.95 Å². The van der Waals surface area contributed by atoms with Crippen molar-refractivity contribution in [2.75, 3.05) is 12.4 Å². The Morgan fingerprint density at radius 3 is 2.78 bits per heavy atom. The summed E-state index contributed by atoms with van der Waals surface area (Å²) in [7, 11) is 1.62. The van der Waals surface area contributed by atoms with Crippen molar-refractivity contribution in [1.29, 1.82) is 0 Å². The summed E-state index contributed by atoms with van der Waals surface area (Å²) in [6.45, 7) is 3.97. The van der Waals surface area contributed by atoms with Gasteiger partial charge in [0.05, 0.1) is 7.11 Å². The molecule has 7 nitrogen and oxygen atoms in total. The number of nitrogens with zero attached hydrogens (tertiary/aromatic N) is 3. The molecule has 1 amide bonds. The Balaban J connectivity index is 1.96. The van der Waals surface area contributed by atoms with E-state index in [-0.39, 0.29) is 17.8 Å². The molecule has 0 aliphatic carbocycles. The van der Waals surface area contributed by atoms with Crippen LogP contribution in [0.4, 0.5) is 5.95 Å². The molecule has 2 heterocycles. The van der Waals surface area contributed by atoms with E-state index >= 15 is 0 Å². The fraction of sp³-hybridized carbons (Fsp3) is 0.375. The Morgan fingerprint density at radius 2 is 2.09 bits per heavy atom. The summed E-state index contributed by atoms with van der Waals surface area (Å²) >= 11 is 0. The number of nitrogens with one attached hydrogen (secondary N) is 2. The van der Waals surface area contributed by atoms with Crippen molar-refractivity contribution < 1.29 is 9.53 Å². The maximum Gasteiger partial charge on any atom is 0.251 e. The molecule has 3 aromatic rings. The number of carbonyl (C=O) groups is 1. The Labute approximate surface area is 133 Å². The molecule has 1 aromatic carbocycles. The average Bonchev–Trinajstić information content (AvgIpc) is 2.92. The number of methoxy groups -OCH3 is 1. The lowest BCUT2D eigenvalue weighted by molar-refractivity contribution is -0.120. The number of hydrogen-bond donors (Lipinski definition) is 2. The Morgan fingerprint density at radius 1 is 1.30 bits per heavy atom. The van der Waals surface area contributed by atoms with Gasteiger partial charge in [-0.05, 0) is 31.0 Å². The summed E-state index contributed by atoms with van der Waals surface area (Å²) in [5.74, 6) is 0.842. The molecule has 0 aliphatic rings. The normalized spacial score (nSPS) is 11.3. The van der Waals surface area contributed by atoms with Crippen molar-refractivity contribution in [2.45, 2.75) is 26.7 Å². The number of aromatic nitrogens is 4. The Hall–Kier alpha value is -2.70. The number of ether oxygens (including phenoxy) is 1. The minimum absolute atomic E-state index is 0.0405. The molecule has 7 heteroatoms. The van der Waals surface area contributed by atoms with Crippen molar-refractivity contribution in [3.8, 4) is 5.75 Å². The number of amides is 1. The first-order valence-electron chi connectivity index (χ1n) is 7.67. The third-order valence-corrected chi connectivity index (χ3v) is 4.01. The predicted molar refractivity (Wildman–Crippen MR) is 88.4 cm³/mol. The van der Waals surface area contributed by atoms with Crippen LogP contribution in [0.5, 0.6) is 5.75 Å². The summed E-state index contributed by atoms with van der Waals surface area (Å²) in [6, 6.07) is 5.65. The van der Waals surface area contributed by atoms with E-state index < -0.39 is 0 Å². The second-order valence-electron chi connectivity index (χ2n) is 5.37. The topological polar surface area (TPSA) is 92.8 Å². The van der Waals surface area contributed by atoms with Crippen LogP contribution in [0.25, 0.3) is 22.1 Å². The summed E-state index contributed by atoms with van der Waals surface area (Å²) in [5.41, 5.74) is 2.13. The van der Waals surface area contributed by atoms with Crippen LogP contribution in [-0.2, 0) is 4.79 Å². The van der Waals surface area contributed by atoms with Crippen LogP contribution in [0, 0.1) is 5.92 Å². The number of H-pyrrole nitrogens is 1. The highest BCUT2D eigenvalue weighted by molar-refractivity contribution is 6.04. The largest absolute Gasteiger partial charge is 0.497 e. The molecule has 0 unspecified atom stereocenters. The summed E-state index contributed by atoms with van der Waals surface area (Å²) in [4.78, 5) is 19.7. The Kier molecular flexibility index (Phi) is 4.10. The maximum atomic E-state index is 12.1. The third-order valence-electron chi connectivity index (χ3n) is 4.01. The van der Waals surface area contributed by atoms with Gasteiger partial charge in [-0.2, -0.15) is 4.98 Å². The van der Waals surface area contributed by atoms with E-state index in [1.807, 2.05) is 32.0 Å². The minimum atomic E-state index is -0.0751. The number of hydrogen-bond acceptors (Lipinski definition) is 5. The number of rotatable bonds is 5. The van der Waals surface area contributed by atoms with E-state index in [0.717, 1.165) is 29.5 Å². The van der Waals surface area contributed by atoms with Crippen LogP contribution in [0.15, 0.2) is 18.2 Å². The maximum absolute atomic E-state index is 12.1. The van der Waals surface area contributed by atoms with Crippen LogP contribution in [0.2, 0.25) is 0 Å². The zero-order chi connectivity index (χ0) is 16.4. The molecule has 0 saturated heterocycles. The highest BCUT2D eigenvalue weighted by atomic mass is 16.5. The van der Waals surface area contributed by atoms with Crippen molar-refractivity contribution in [3.05, 3.63) is 18.2 Å². The van der Waals surface area contributed by atoms with Gasteiger partial charge in [-0.15, -0.1) is 10.2 Å². The second kappa shape index (κ2) is 6.20. The van der Waals surface area contributed by atoms with Crippen molar-refractivity contribution >= 4 is 33.9 Å². The third kappa shape index (κ3) is 2.81. The molecular weight excluding hydrogens is 294 g/mol. The van der Waals surface area contributed by atoms with Crippen LogP contribution in [0.1, 0.15) is 26.7 Å². The fourth-order valence-electron chi connectivity index (χ4n) is 2.60. The molecule has 0 spiro atoms. The van der Waals surface area contributed by atoms with Gasteiger partial charge in [-0.3, -0.25) is 10.1 Å². The van der Waals surface area contributed by atoms with E-state index in [2.05, 4.69) is 25.5 Å². The second-order valence-corrected chi connectivity index (χ2v) is 5.37. The molecule has 120 valence electrons. The highest BCUT2D eigenvalue weighted by Gasteiger charge is 2.16. The first kappa shape index (κ1) is 15.2. The molecule has 0 atom stereocenters. The molecule has 3 rings (SSSR count). The van der Waals surface area contributed by atoms with Gasteiger partial charge >= 0.3 is 0 Å². The molecule has 0 aliphatic heterocycles. The van der Waals surface area contributed by atoms with Gasteiger partial charge in [0.15, 0.2) is 5.65 Å². The van der Waals surface area contributed by atoms with E-state index in [0.29, 0.717) is 11.2 Å². The number of carbonyl (C=O) groups excluding carboxylic acids is 1. The van der Waals surface area contributed by atoms with Gasteiger partial charge in [0.1, 0.15) is 11.3 Å². The molecule has 2 N–H and O–H groups in total. The smallest absolute Gasteiger partial charge is 0.251 e. The monoisotopic (exact) mass is 313 g/mol. The van der Waals surface area contributed by atoms with E-state index in [4.69, 9.17) is 4.74 Å². The molecule has 0 fully saturated rings. The lowest BCUT2D eigenvalue weighted by Gasteiger charge is -2.10. The van der Waals surface area contributed by atoms with E-state index in [1.165, 1.54) is 0 Å². The average molecular weight is 313 g/mol. The minimum Gasteiger partial charge on any atom is -0.497 e. The molecule has 23 heavy (non-hydrogen) atoms. The van der Waals surface area contributed by atoms with Crippen LogP contribution in [-0.4, -0.2) is 33.2 Å². The van der Waals surface area contributed by atoms with Gasteiger partial charge in [0, 0.05) is 16.8 Å². The van der Waals surface area contributed by atoms with Crippen LogP contribution >= 0.6 is 0 Å². The summed E-state index contributed by atoms with van der Waals surface area (Å²) in [6.07, 6.45) is 1.56. The van der Waals surface area contributed by atoms with Crippen LogP contribution < -0.4 is 10.1 Å². The number of fused-ring (bicyclic) bond motifs is 3. The van der Waals surface area contributed by atoms with Gasteiger partial charge in [-0.25, -0.2) is 0 Å². The standard InChI is InChI=1S/C16H19N5O2/c1-4-9(5-2)15(22)19-16-18-14-13(20-21-16)11-8-10(23-3)6-7-12(11)17-14/h6-9H,4-5H2,1-3H3,(H2,17,18,19,21,22). The Bertz CT molecular complexity index is 854.